The first kappa shape index (κ1) is 11.2. The Balaban J connectivity index is 2.04. The summed E-state index contributed by atoms with van der Waals surface area (Å²) in [6.07, 6.45) is 6.25. The summed E-state index contributed by atoms with van der Waals surface area (Å²) < 4.78 is 0. The van der Waals surface area contributed by atoms with E-state index in [1.54, 1.807) is 0 Å². The first-order valence-corrected chi connectivity index (χ1v) is 6.08. The van der Waals surface area contributed by atoms with Crippen LogP contribution in [0.15, 0.2) is 0 Å². The molecule has 2 aliphatic carbocycles. The predicted octanol–water partition coefficient (Wildman–Crippen LogP) is 2.40. The van der Waals surface area contributed by atoms with Gasteiger partial charge in [-0.25, -0.2) is 4.84 Å². The third kappa shape index (κ3) is 2.28. The number of hydrogen-bond acceptors (Lipinski definition) is 2. The van der Waals surface area contributed by atoms with E-state index < -0.39 is 5.97 Å². The lowest BCUT2D eigenvalue weighted by molar-refractivity contribution is -0.139. The molecule has 0 aliphatic heterocycles. The molecule has 0 heterocycles. The second kappa shape index (κ2) is 4.30. The Morgan fingerprint density at radius 1 is 1.40 bits per heavy atom. The van der Waals surface area contributed by atoms with Gasteiger partial charge in [0.15, 0.2) is 0 Å². The van der Waals surface area contributed by atoms with Crippen LogP contribution in [0.5, 0.6) is 0 Å². The van der Waals surface area contributed by atoms with Gasteiger partial charge in [0.2, 0.25) is 0 Å². The lowest BCUT2D eigenvalue weighted by Crippen LogP contribution is -2.31. The van der Waals surface area contributed by atoms with E-state index in [1.165, 1.54) is 19.3 Å². The lowest BCUT2D eigenvalue weighted by Gasteiger charge is -2.27. The maximum Gasteiger partial charge on any atom is 0.303 e. The average Bonchev–Trinajstić information content (AvgIpc) is 2.61. The summed E-state index contributed by atoms with van der Waals surface area (Å²) in [6.45, 7) is 0.633. The third-order valence-corrected chi connectivity index (χ3v) is 4.31. The highest BCUT2D eigenvalue weighted by molar-refractivity contribution is 6.13. The molecule has 3 nitrogen and oxygen atoms in total. The Hall–Kier alpha value is -0.280. The van der Waals surface area contributed by atoms with Gasteiger partial charge in [-0.2, -0.15) is 0 Å². The fourth-order valence-electron chi connectivity index (χ4n) is 3.66. The summed E-state index contributed by atoms with van der Waals surface area (Å²) in [6, 6.07) is 0. The van der Waals surface area contributed by atoms with Gasteiger partial charge in [0.25, 0.3) is 0 Å². The van der Waals surface area contributed by atoms with Crippen LogP contribution in [0, 0.1) is 17.3 Å². The zero-order chi connectivity index (χ0) is 10.9. The first-order valence-electron chi connectivity index (χ1n) is 5.70. The van der Waals surface area contributed by atoms with E-state index in [2.05, 4.69) is 4.84 Å². The highest BCUT2D eigenvalue weighted by Crippen LogP contribution is 2.54. The smallest absolute Gasteiger partial charge is 0.303 e. The number of hydrogen-bond donors (Lipinski definition) is 2. The second-order valence-corrected chi connectivity index (χ2v) is 5.51. The van der Waals surface area contributed by atoms with Gasteiger partial charge in [-0.3, -0.25) is 4.79 Å². The van der Waals surface area contributed by atoms with Crippen molar-refractivity contribution in [1.82, 2.24) is 4.84 Å². The SMILES string of the molecule is O=C(O)CC1(CNCl)C[C@H]2CCC[C@H]2C1. The molecular weight excluding hydrogens is 214 g/mol. The van der Waals surface area contributed by atoms with Gasteiger partial charge in [0, 0.05) is 6.54 Å². The Morgan fingerprint density at radius 2 is 2.00 bits per heavy atom. The van der Waals surface area contributed by atoms with Gasteiger partial charge in [-0.15, -0.1) is 0 Å². The molecule has 2 fully saturated rings. The molecule has 2 aliphatic rings. The Labute approximate surface area is 95.3 Å². The van der Waals surface area contributed by atoms with Gasteiger partial charge in [0.1, 0.15) is 0 Å². The highest BCUT2D eigenvalue weighted by atomic mass is 35.5. The van der Waals surface area contributed by atoms with Gasteiger partial charge < -0.3 is 5.11 Å². The van der Waals surface area contributed by atoms with E-state index in [4.69, 9.17) is 16.9 Å². The van der Waals surface area contributed by atoms with Crippen LogP contribution in [0.1, 0.15) is 38.5 Å². The van der Waals surface area contributed by atoms with Crippen LogP contribution in [0.25, 0.3) is 0 Å². The molecule has 15 heavy (non-hydrogen) atoms. The van der Waals surface area contributed by atoms with Crippen molar-refractivity contribution < 1.29 is 9.90 Å². The van der Waals surface area contributed by atoms with Crippen LogP contribution in [-0.2, 0) is 4.79 Å². The number of carboxylic acid groups (broad SMARTS) is 1. The van der Waals surface area contributed by atoms with E-state index in [1.807, 2.05) is 0 Å². The largest absolute Gasteiger partial charge is 0.481 e. The standard InChI is InChI=1S/C11H18ClNO2/c12-13-7-11(6-10(14)15)4-8-2-1-3-9(8)5-11/h8-9,13H,1-7H2,(H,14,15)/t8-,9+,11?. The normalized spacial score (nSPS) is 39.3. The van der Waals surface area contributed by atoms with Crippen LogP contribution >= 0.6 is 11.8 Å². The monoisotopic (exact) mass is 231 g/mol. The van der Waals surface area contributed by atoms with Crippen LogP contribution < -0.4 is 4.84 Å². The number of fused-ring (bicyclic) bond motifs is 1. The summed E-state index contributed by atoms with van der Waals surface area (Å²) in [5.74, 6) is 0.825. The van der Waals surface area contributed by atoms with Crippen LogP contribution in [0.2, 0.25) is 0 Å². The summed E-state index contributed by atoms with van der Waals surface area (Å²) in [5, 5.41) is 8.96. The number of rotatable bonds is 4. The van der Waals surface area contributed by atoms with E-state index in [-0.39, 0.29) is 11.8 Å². The minimum atomic E-state index is -0.693. The third-order valence-electron chi connectivity index (χ3n) is 4.17. The maximum absolute atomic E-state index is 10.9. The fourth-order valence-corrected chi connectivity index (χ4v) is 3.94. The van der Waals surface area contributed by atoms with E-state index in [0.29, 0.717) is 6.54 Å². The minimum Gasteiger partial charge on any atom is -0.481 e. The molecule has 0 bridgehead atoms. The lowest BCUT2D eigenvalue weighted by atomic mass is 9.80. The topological polar surface area (TPSA) is 49.3 Å². The number of carboxylic acids is 1. The first-order chi connectivity index (χ1) is 7.15. The van der Waals surface area contributed by atoms with Gasteiger partial charge in [0.05, 0.1) is 6.42 Å². The van der Waals surface area contributed by atoms with Crippen LogP contribution in [0.3, 0.4) is 0 Å². The molecule has 0 spiro atoms. The quantitative estimate of drug-likeness (QED) is 0.731. The van der Waals surface area contributed by atoms with Gasteiger partial charge >= 0.3 is 5.97 Å². The molecule has 1 unspecified atom stereocenters. The molecule has 0 aromatic carbocycles. The molecule has 4 heteroatoms. The maximum atomic E-state index is 10.9. The minimum absolute atomic E-state index is 0.0800. The van der Waals surface area contributed by atoms with Gasteiger partial charge in [-0.05, 0) is 41.9 Å². The molecule has 2 N–H and O–H groups in total. The summed E-state index contributed by atoms with van der Waals surface area (Å²) in [7, 11) is 0. The second-order valence-electron chi connectivity index (χ2n) is 5.24. The molecule has 0 aromatic heterocycles. The van der Waals surface area contributed by atoms with Crippen molar-refractivity contribution in [2.45, 2.75) is 38.5 Å². The van der Waals surface area contributed by atoms with E-state index >= 15 is 0 Å². The number of aliphatic carboxylic acids is 1. The van der Waals surface area contributed by atoms with E-state index in [9.17, 15) is 4.79 Å². The van der Waals surface area contributed by atoms with Crippen molar-refractivity contribution in [3.8, 4) is 0 Å². The molecule has 2 saturated carbocycles. The molecular formula is C11H18ClNO2. The highest BCUT2D eigenvalue weighted by Gasteiger charge is 2.47. The molecule has 0 amide bonds. The Kier molecular flexibility index (Phi) is 3.21. The van der Waals surface area contributed by atoms with Crippen LogP contribution in [-0.4, -0.2) is 17.6 Å². The summed E-state index contributed by atoms with van der Waals surface area (Å²) >= 11 is 5.57. The van der Waals surface area contributed by atoms with Crippen molar-refractivity contribution in [2.24, 2.45) is 17.3 Å². The van der Waals surface area contributed by atoms with Gasteiger partial charge in [-0.1, -0.05) is 19.3 Å². The summed E-state index contributed by atoms with van der Waals surface area (Å²) in [4.78, 5) is 13.5. The molecule has 2 rings (SSSR count). The number of halogens is 1. The van der Waals surface area contributed by atoms with Crippen molar-refractivity contribution in [3.05, 3.63) is 0 Å². The molecule has 0 aromatic rings. The molecule has 86 valence electrons. The average molecular weight is 232 g/mol. The zero-order valence-corrected chi connectivity index (χ0v) is 9.59. The predicted molar refractivity (Wildman–Crippen MR) is 58.6 cm³/mol. The number of carbonyl (C=O) groups is 1. The van der Waals surface area contributed by atoms with Crippen LogP contribution in [0.4, 0.5) is 0 Å². The summed E-state index contributed by atoms with van der Waals surface area (Å²) in [5.41, 5.74) is -0.0800. The van der Waals surface area contributed by atoms with Crippen molar-refractivity contribution in [1.29, 1.82) is 0 Å². The van der Waals surface area contributed by atoms with Crippen molar-refractivity contribution in [2.75, 3.05) is 6.54 Å². The van der Waals surface area contributed by atoms with E-state index in [0.717, 1.165) is 24.7 Å². The Morgan fingerprint density at radius 3 is 2.47 bits per heavy atom. The fraction of sp³-hybridized carbons (Fsp3) is 0.909. The van der Waals surface area contributed by atoms with Crippen molar-refractivity contribution >= 4 is 17.7 Å². The number of nitrogens with one attached hydrogen (secondary N) is 1. The zero-order valence-electron chi connectivity index (χ0n) is 8.84. The van der Waals surface area contributed by atoms with Crippen molar-refractivity contribution in [3.63, 3.8) is 0 Å². The molecule has 0 saturated heterocycles. The molecule has 0 radical (unpaired) electrons. The Bertz CT molecular complexity index is 245. The molecule has 3 atom stereocenters.